The third-order valence-electron chi connectivity index (χ3n) is 7.73. The molecule has 0 aliphatic heterocycles. The number of esters is 1. The summed E-state index contributed by atoms with van der Waals surface area (Å²) < 4.78 is 29.9. The SMILES string of the molecule is CO[C@H]1CC[C@H](n2c([C@H](CCOCC(=O)OCC(C)C)NC(=O)OC(C)(C)C)nc3cc(-c4c(C)noc4C)ccc32)CC1. The molecule has 0 unspecified atom stereocenters. The van der Waals surface area contributed by atoms with Crippen molar-refractivity contribution in [2.75, 3.05) is 26.9 Å². The fourth-order valence-electron chi connectivity index (χ4n) is 5.71. The molecule has 2 heterocycles. The molecule has 3 aromatic rings. The van der Waals surface area contributed by atoms with Crippen molar-refractivity contribution in [2.45, 2.75) is 104 Å². The molecule has 0 spiro atoms. The van der Waals surface area contributed by atoms with E-state index in [0.29, 0.717) is 18.9 Å². The van der Waals surface area contributed by atoms with Crippen molar-refractivity contribution in [3.05, 3.63) is 35.5 Å². The summed E-state index contributed by atoms with van der Waals surface area (Å²) in [7, 11) is 1.76. The van der Waals surface area contributed by atoms with E-state index in [-0.39, 0.29) is 31.3 Å². The van der Waals surface area contributed by atoms with Crippen molar-refractivity contribution in [1.29, 1.82) is 0 Å². The zero-order valence-corrected chi connectivity index (χ0v) is 27.4. The van der Waals surface area contributed by atoms with E-state index in [4.69, 9.17) is 28.5 Å². The summed E-state index contributed by atoms with van der Waals surface area (Å²) in [5.41, 5.74) is 3.84. The number of nitrogens with one attached hydrogen (secondary N) is 1. The molecule has 1 aliphatic rings. The van der Waals surface area contributed by atoms with E-state index in [9.17, 15) is 9.59 Å². The number of carbonyl (C=O) groups excluding carboxylic acids is 2. The summed E-state index contributed by atoms with van der Waals surface area (Å²) in [6.45, 7) is 13.7. The second kappa shape index (κ2) is 14.6. The minimum absolute atomic E-state index is 0.163. The van der Waals surface area contributed by atoms with Crippen LogP contribution in [0.2, 0.25) is 0 Å². The monoisotopic (exact) mass is 612 g/mol. The summed E-state index contributed by atoms with van der Waals surface area (Å²) >= 11 is 0. The third kappa shape index (κ3) is 8.59. The Morgan fingerprint density at radius 3 is 2.48 bits per heavy atom. The first-order valence-electron chi connectivity index (χ1n) is 15.6. The van der Waals surface area contributed by atoms with Gasteiger partial charge in [-0.2, -0.15) is 0 Å². The van der Waals surface area contributed by atoms with Gasteiger partial charge < -0.3 is 33.4 Å². The Morgan fingerprint density at radius 1 is 1.14 bits per heavy atom. The number of carbonyl (C=O) groups is 2. The third-order valence-corrected chi connectivity index (χ3v) is 7.73. The molecule has 1 fully saturated rings. The predicted molar refractivity (Wildman–Crippen MR) is 166 cm³/mol. The lowest BCUT2D eigenvalue weighted by molar-refractivity contribution is -0.150. The number of rotatable bonds is 12. The molecule has 4 rings (SSSR count). The lowest BCUT2D eigenvalue weighted by Gasteiger charge is -2.31. The highest BCUT2D eigenvalue weighted by Gasteiger charge is 2.31. The maximum atomic E-state index is 13.1. The van der Waals surface area contributed by atoms with E-state index >= 15 is 0 Å². The van der Waals surface area contributed by atoms with Crippen molar-refractivity contribution in [3.63, 3.8) is 0 Å². The molecule has 11 nitrogen and oxygen atoms in total. The van der Waals surface area contributed by atoms with E-state index in [0.717, 1.165) is 59.3 Å². The van der Waals surface area contributed by atoms with Gasteiger partial charge in [0.2, 0.25) is 0 Å². The average molecular weight is 613 g/mol. The molecule has 1 amide bonds. The van der Waals surface area contributed by atoms with Crippen molar-refractivity contribution in [1.82, 2.24) is 20.0 Å². The number of hydrogen-bond acceptors (Lipinski definition) is 9. The molecular weight excluding hydrogens is 564 g/mol. The van der Waals surface area contributed by atoms with Crippen LogP contribution < -0.4 is 5.32 Å². The molecule has 1 N–H and O–H groups in total. The van der Waals surface area contributed by atoms with Gasteiger partial charge in [0.15, 0.2) is 0 Å². The van der Waals surface area contributed by atoms with Crippen LogP contribution in [0.1, 0.15) is 96.1 Å². The molecule has 1 aliphatic carbocycles. The van der Waals surface area contributed by atoms with Gasteiger partial charge in [0.05, 0.1) is 35.5 Å². The average Bonchev–Trinajstić information content (AvgIpc) is 3.51. The van der Waals surface area contributed by atoms with E-state index in [1.165, 1.54) is 0 Å². The number of methoxy groups -OCH3 is 1. The lowest BCUT2D eigenvalue weighted by Crippen LogP contribution is -2.37. The number of aryl methyl sites for hydroxylation is 2. The van der Waals surface area contributed by atoms with Crippen LogP contribution in [0.5, 0.6) is 0 Å². The van der Waals surface area contributed by atoms with E-state index in [1.807, 2.05) is 48.5 Å². The van der Waals surface area contributed by atoms with E-state index < -0.39 is 23.7 Å². The molecule has 1 saturated carbocycles. The Bertz CT molecular complexity index is 1390. The van der Waals surface area contributed by atoms with E-state index in [1.54, 1.807) is 7.11 Å². The summed E-state index contributed by atoms with van der Waals surface area (Å²) in [5.74, 6) is 1.29. The fraction of sp³-hybridized carbons (Fsp3) is 0.636. The Labute approximate surface area is 259 Å². The summed E-state index contributed by atoms with van der Waals surface area (Å²) in [6.07, 6.45) is 3.77. The van der Waals surface area contributed by atoms with Crippen molar-refractivity contribution >= 4 is 23.1 Å². The molecular formula is C33H48N4O7. The van der Waals surface area contributed by atoms with Crippen molar-refractivity contribution in [2.24, 2.45) is 5.92 Å². The van der Waals surface area contributed by atoms with Crippen LogP contribution in [0, 0.1) is 19.8 Å². The van der Waals surface area contributed by atoms with Crippen LogP contribution in [-0.2, 0) is 23.7 Å². The van der Waals surface area contributed by atoms with Crippen LogP contribution in [-0.4, -0.2) is 65.4 Å². The topological polar surface area (TPSA) is 127 Å². The first-order chi connectivity index (χ1) is 20.9. The predicted octanol–water partition coefficient (Wildman–Crippen LogP) is 6.61. The summed E-state index contributed by atoms with van der Waals surface area (Å²) in [6, 6.07) is 5.84. The van der Waals surface area contributed by atoms with Gasteiger partial charge in [-0.25, -0.2) is 14.6 Å². The van der Waals surface area contributed by atoms with Crippen LogP contribution in [0.3, 0.4) is 0 Å². The molecule has 0 saturated heterocycles. The number of hydrogen-bond donors (Lipinski definition) is 1. The van der Waals surface area contributed by atoms with Gasteiger partial charge >= 0.3 is 12.1 Å². The number of amides is 1. The Morgan fingerprint density at radius 2 is 1.86 bits per heavy atom. The van der Waals surface area contributed by atoms with Gasteiger partial charge in [-0.05, 0) is 90.3 Å². The maximum absolute atomic E-state index is 13.1. The standard InChI is InChI=1S/C33H48N4O7/c1-20(2)18-42-29(38)19-41-16-15-26(35-32(39)43-33(5,6)7)31-34-27-17-23(30-21(3)36-44-22(30)4)9-14-28(27)37(31)24-10-12-25(40-8)13-11-24/h9,14,17,20,24-26H,10-13,15-16,18-19H2,1-8H3,(H,35,39)/t24-,25-,26-/m0/s1. The van der Waals surface area contributed by atoms with Crippen LogP contribution in [0.15, 0.2) is 22.7 Å². The number of nitrogens with zero attached hydrogens (tertiary/aromatic N) is 3. The van der Waals surface area contributed by atoms with Gasteiger partial charge in [-0.15, -0.1) is 0 Å². The van der Waals surface area contributed by atoms with Crippen molar-refractivity contribution in [3.8, 4) is 11.1 Å². The highest BCUT2D eigenvalue weighted by atomic mass is 16.6. The number of aromatic nitrogens is 3. The highest BCUT2D eigenvalue weighted by molar-refractivity contribution is 5.84. The van der Waals surface area contributed by atoms with Gasteiger partial charge in [-0.3, -0.25) is 0 Å². The van der Waals surface area contributed by atoms with Crippen molar-refractivity contribution < 1.29 is 33.1 Å². The van der Waals surface area contributed by atoms with Crippen LogP contribution >= 0.6 is 0 Å². The number of ether oxygens (including phenoxy) is 4. The zero-order valence-electron chi connectivity index (χ0n) is 27.4. The molecule has 2 aromatic heterocycles. The summed E-state index contributed by atoms with van der Waals surface area (Å²) in [5, 5.41) is 7.18. The van der Waals surface area contributed by atoms with Gasteiger partial charge in [0.25, 0.3) is 0 Å². The Balaban J connectivity index is 1.68. The Hall–Kier alpha value is -3.44. The minimum Gasteiger partial charge on any atom is -0.464 e. The Kier molecular flexibility index (Phi) is 11.1. The largest absolute Gasteiger partial charge is 0.464 e. The molecule has 1 atom stereocenters. The molecule has 44 heavy (non-hydrogen) atoms. The highest BCUT2D eigenvalue weighted by Crippen LogP contribution is 2.37. The fourth-order valence-corrected chi connectivity index (χ4v) is 5.71. The molecule has 0 radical (unpaired) electrons. The quantitative estimate of drug-likeness (QED) is 0.178. The van der Waals surface area contributed by atoms with Gasteiger partial charge in [-0.1, -0.05) is 25.1 Å². The van der Waals surface area contributed by atoms with Gasteiger partial charge in [0, 0.05) is 25.3 Å². The van der Waals surface area contributed by atoms with Crippen LogP contribution in [0.4, 0.5) is 4.79 Å². The first-order valence-corrected chi connectivity index (χ1v) is 15.6. The van der Waals surface area contributed by atoms with Gasteiger partial charge in [0.1, 0.15) is 23.8 Å². The lowest BCUT2D eigenvalue weighted by atomic mass is 9.92. The molecule has 242 valence electrons. The summed E-state index contributed by atoms with van der Waals surface area (Å²) in [4.78, 5) is 30.3. The second-order valence-corrected chi connectivity index (χ2v) is 13.0. The van der Waals surface area contributed by atoms with Crippen LogP contribution in [0.25, 0.3) is 22.2 Å². The second-order valence-electron chi connectivity index (χ2n) is 13.0. The normalized spacial score (nSPS) is 18.0. The zero-order chi connectivity index (χ0) is 32.0. The smallest absolute Gasteiger partial charge is 0.408 e. The number of imidazole rings is 1. The number of benzene rings is 1. The number of alkyl carbamates (subject to hydrolysis) is 1. The minimum atomic E-state index is -0.673. The number of fused-ring (bicyclic) bond motifs is 1. The maximum Gasteiger partial charge on any atom is 0.408 e. The van der Waals surface area contributed by atoms with E-state index in [2.05, 4.69) is 33.2 Å². The molecule has 0 bridgehead atoms. The molecule has 1 aromatic carbocycles. The molecule has 11 heteroatoms. The first kappa shape index (κ1) is 33.5.